The summed E-state index contributed by atoms with van der Waals surface area (Å²) in [7, 11) is 0. The standard InChI is InChI=1S/C23H32N4O2/c1-19-7-10-24-22(25-19)27-11-8-23(9-12-27)15-21(28)16-26(18-23)13-14-29-17-20-5-3-2-4-6-20/h2-7,10,21,28H,8-9,11-18H2,1H3. The van der Waals surface area contributed by atoms with Crippen molar-refractivity contribution in [3.63, 3.8) is 0 Å². The summed E-state index contributed by atoms with van der Waals surface area (Å²) in [6.07, 6.45) is 4.63. The molecule has 2 aliphatic heterocycles. The van der Waals surface area contributed by atoms with E-state index in [1.54, 1.807) is 0 Å². The molecule has 6 nitrogen and oxygen atoms in total. The number of ether oxygens (including phenoxy) is 1. The Kier molecular flexibility index (Phi) is 6.43. The van der Waals surface area contributed by atoms with E-state index in [-0.39, 0.29) is 11.5 Å². The summed E-state index contributed by atoms with van der Waals surface area (Å²) in [5.41, 5.74) is 2.40. The molecule has 0 aliphatic carbocycles. The van der Waals surface area contributed by atoms with Crippen LogP contribution < -0.4 is 4.90 Å². The van der Waals surface area contributed by atoms with E-state index >= 15 is 0 Å². The molecule has 1 atom stereocenters. The number of β-amino-alcohol motifs (C(OH)–C–C–N with tert-alkyl or cyclic N) is 1. The lowest BCUT2D eigenvalue weighted by atomic mass is 9.71. The molecular formula is C23H32N4O2. The summed E-state index contributed by atoms with van der Waals surface area (Å²) >= 11 is 0. The molecule has 1 aromatic heterocycles. The first-order valence-electron chi connectivity index (χ1n) is 10.7. The maximum atomic E-state index is 10.5. The molecule has 3 heterocycles. The van der Waals surface area contributed by atoms with Gasteiger partial charge in [0.2, 0.25) is 5.95 Å². The smallest absolute Gasteiger partial charge is 0.225 e. The van der Waals surface area contributed by atoms with Gasteiger partial charge in [-0.05, 0) is 43.2 Å². The Bertz CT molecular complexity index is 777. The van der Waals surface area contributed by atoms with Gasteiger partial charge in [-0.1, -0.05) is 30.3 Å². The first-order valence-corrected chi connectivity index (χ1v) is 10.7. The van der Waals surface area contributed by atoms with Crippen molar-refractivity contribution in [3.05, 3.63) is 53.9 Å². The molecule has 0 amide bonds. The van der Waals surface area contributed by atoms with Crippen LogP contribution in [-0.4, -0.2) is 65.4 Å². The number of aryl methyl sites for hydroxylation is 1. The largest absolute Gasteiger partial charge is 0.392 e. The maximum Gasteiger partial charge on any atom is 0.225 e. The number of aliphatic hydroxyl groups excluding tert-OH is 1. The predicted octanol–water partition coefficient (Wildman–Crippen LogP) is 2.66. The van der Waals surface area contributed by atoms with E-state index in [4.69, 9.17) is 4.74 Å². The average Bonchev–Trinajstić information content (AvgIpc) is 2.72. The van der Waals surface area contributed by atoms with Crippen LogP contribution in [0.25, 0.3) is 0 Å². The Labute approximate surface area is 173 Å². The Morgan fingerprint density at radius 3 is 2.72 bits per heavy atom. The highest BCUT2D eigenvalue weighted by atomic mass is 16.5. The minimum atomic E-state index is -0.250. The fraction of sp³-hybridized carbons (Fsp3) is 0.565. The first kappa shape index (κ1) is 20.3. The number of anilines is 1. The molecule has 0 saturated carbocycles. The number of piperidine rings is 2. The highest BCUT2D eigenvalue weighted by Gasteiger charge is 2.41. The van der Waals surface area contributed by atoms with Gasteiger partial charge in [0.15, 0.2) is 0 Å². The lowest BCUT2D eigenvalue weighted by Crippen LogP contribution is -2.54. The van der Waals surface area contributed by atoms with Crippen LogP contribution in [-0.2, 0) is 11.3 Å². The number of benzene rings is 1. The van der Waals surface area contributed by atoms with Crippen LogP contribution in [0.2, 0.25) is 0 Å². The second-order valence-electron chi connectivity index (χ2n) is 8.62. The Balaban J connectivity index is 1.27. The van der Waals surface area contributed by atoms with E-state index in [0.717, 1.165) is 63.6 Å². The molecule has 0 radical (unpaired) electrons. The fourth-order valence-electron chi connectivity index (χ4n) is 4.73. The van der Waals surface area contributed by atoms with Gasteiger partial charge in [-0.2, -0.15) is 0 Å². The van der Waals surface area contributed by atoms with Crippen molar-refractivity contribution in [2.45, 2.75) is 38.9 Å². The number of nitrogens with zero attached hydrogens (tertiary/aromatic N) is 4. The molecule has 1 unspecified atom stereocenters. The molecule has 4 rings (SSSR count). The molecule has 2 saturated heterocycles. The van der Waals surface area contributed by atoms with Crippen LogP contribution >= 0.6 is 0 Å². The monoisotopic (exact) mass is 396 g/mol. The van der Waals surface area contributed by atoms with E-state index in [2.05, 4.69) is 31.9 Å². The number of rotatable bonds is 6. The third-order valence-electron chi connectivity index (χ3n) is 6.25. The second-order valence-corrected chi connectivity index (χ2v) is 8.62. The summed E-state index contributed by atoms with van der Waals surface area (Å²) in [5.74, 6) is 0.836. The molecule has 1 spiro atoms. The van der Waals surface area contributed by atoms with Gasteiger partial charge in [-0.25, -0.2) is 9.97 Å². The normalized spacial score (nSPS) is 22.1. The van der Waals surface area contributed by atoms with Gasteiger partial charge < -0.3 is 14.7 Å². The van der Waals surface area contributed by atoms with E-state index in [9.17, 15) is 5.11 Å². The van der Waals surface area contributed by atoms with Gasteiger partial charge in [-0.15, -0.1) is 0 Å². The van der Waals surface area contributed by atoms with Crippen molar-refractivity contribution < 1.29 is 9.84 Å². The Morgan fingerprint density at radius 1 is 1.17 bits per heavy atom. The Hall–Kier alpha value is -2.02. The SMILES string of the molecule is Cc1ccnc(N2CCC3(CC2)CC(O)CN(CCOCc2ccccc2)C3)n1. The molecule has 156 valence electrons. The molecule has 29 heavy (non-hydrogen) atoms. The lowest BCUT2D eigenvalue weighted by molar-refractivity contribution is -0.0323. The third-order valence-corrected chi connectivity index (χ3v) is 6.25. The summed E-state index contributed by atoms with van der Waals surface area (Å²) in [4.78, 5) is 13.7. The van der Waals surface area contributed by atoms with Crippen LogP contribution in [0.3, 0.4) is 0 Å². The quantitative estimate of drug-likeness (QED) is 0.758. The zero-order chi connectivity index (χ0) is 20.1. The third kappa shape index (κ3) is 5.32. The van der Waals surface area contributed by atoms with Gasteiger partial charge in [-0.3, -0.25) is 4.90 Å². The highest BCUT2D eigenvalue weighted by Crippen LogP contribution is 2.40. The van der Waals surface area contributed by atoms with Crippen LogP contribution in [0.15, 0.2) is 42.6 Å². The summed E-state index contributed by atoms with van der Waals surface area (Å²) in [6, 6.07) is 12.2. The van der Waals surface area contributed by atoms with Crippen LogP contribution in [0.5, 0.6) is 0 Å². The van der Waals surface area contributed by atoms with Crippen LogP contribution in [0.1, 0.15) is 30.5 Å². The van der Waals surface area contributed by atoms with E-state index < -0.39 is 0 Å². The fourth-order valence-corrected chi connectivity index (χ4v) is 4.73. The summed E-state index contributed by atoms with van der Waals surface area (Å²) in [5, 5.41) is 10.5. The molecule has 2 fully saturated rings. The Morgan fingerprint density at radius 2 is 1.97 bits per heavy atom. The van der Waals surface area contributed by atoms with Crippen molar-refractivity contribution in [1.29, 1.82) is 0 Å². The van der Waals surface area contributed by atoms with Crippen LogP contribution in [0.4, 0.5) is 5.95 Å². The maximum absolute atomic E-state index is 10.5. The minimum Gasteiger partial charge on any atom is -0.392 e. The molecule has 6 heteroatoms. The van der Waals surface area contributed by atoms with E-state index in [1.807, 2.05) is 37.4 Å². The zero-order valence-corrected chi connectivity index (χ0v) is 17.3. The number of likely N-dealkylation sites (tertiary alicyclic amines) is 1. The number of hydrogen-bond donors (Lipinski definition) is 1. The second kappa shape index (κ2) is 9.20. The molecule has 2 aromatic rings. The molecule has 1 N–H and O–H groups in total. The number of aliphatic hydroxyl groups is 1. The molecule has 0 bridgehead atoms. The van der Waals surface area contributed by atoms with Crippen molar-refractivity contribution in [3.8, 4) is 0 Å². The van der Waals surface area contributed by atoms with Crippen molar-refractivity contribution >= 4 is 5.95 Å². The highest BCUT2D eigenvalue weighted by molar-refractivity contribution is 5.31. The van der Waals surface area contributed by atoms with Gasteiger partial charge in [0.25, 0.3) is 0 Å². The topological polar surface area (TPSA) is 61.7 Å². The van der Waals surface area contributed by atoms with Crippen molar-refractivity contribution in [1.82, 2.24) is 14.9 Å². The van der Waals surface area contributed by atoms with Gasteiger partial charge >= 0.3 is 0 Å². The van der Waals surface area contributed by atoms with Gasteiger partial charge in [0.1, 0.15) is 0 Å². The minimum absolute atomic E-state index is 0.192. The van der Waals surface area contributed by atoms with E-state index in [0.29, 0.717) is 13.2 Å². The molecule has 1 aromatic carbocycles. The van der Waals surface area contributed by atoms with Crippen molar-refractivity contribution in [2.24, 2.45) is 5.41 Å². The molecular weight excluding hydrogens is 364 g/mol. The van der Waals surface area contributed by atoms with Gasteiger partial charge in [0, 0.05) is 44.6 Å². The summed E-state index contributed by atoms with van der Waals surface area (Å²) in [6.45, 7) is 7.92. The van der Waals surface area contributed by atoms with Gasteiger partial charge in [0.05, 0.1) is 19.3 Å². The number of aromatic nitrogens is 2. The first-order chi connectivity index (χ1) is 14.1. The zero-order valence-electron chi connectivity index (χ0n) is 17.3. The molecule has 2 aliphatic rings. The number of hydrogen-bond acceptors (Lipinski definition) is 6. The van der Waals surface area contributed by atoms with Crippen LogP contribution in [0, 0.1) is 12.3 Å². The van der Waals surface area contributed by atoms with Crippen molar-refractivity contribution in [2.75, 3.05) is 44.2 Å². The average molecular weight is 397 g/mol. The van der Waals surface area contributed by atoms with E-state index in [1.165, 1.54) is 5.56 Å². The predicted molar refractivity (Wildman–Crippen MR) is 114 cm³/mol. The summed E-state index contributed by atoms with van der Waals surface area (Å²) < 4.78 is 5.87. The lowest BCUT2D eigenvalue weighted by Gasteiger charge is -2.49.